The number of unbranched alkanes of at least 4 members (excludes halogenated alkanes) is 5. The van der Waals surface area contributed by atoms with Gasteiger partial charge < -0.3 is 14.7 Å². The Labute approximate surface area is 146 Å². The van der Waals surface area contributed by atoms with Gasteiger partial charge in [0.2, 0.25) is 0 Å². The van der Waals surface area contributed by atoms with Gasteiger partial charge >= 0.3 is 12.1 Å². The Morgan fingerprint density at radius 3 is 2.29 bits per heavy atom. The molecule has 0 aromatic carbocycles. The van der Waals surface area contributed by atoms with Gasteiger partial charge in [-0.1, -0.05) is 45.4 Å². The summed E-state index contributed by atoms with van der Waals surface area (Å²) in [6.45, 7) is 8.58. The van der Waals surface area contributed by atoms with E-state index in [1.54, 1.807) is 4.90 Å². The summed E-state index contributed by atoms with van der Waals surface area (Å²) in [6.07, 6.45) is 8.65. The number of carboxylic acid groups (broad SMARTS) is 1. The third-order valence-electron chi connectivity index (χ3n) is 4.50. The van der Waals surface area contributed by atoms with Gasteiger partial charge in [0.05, 0.1) is 5.92 Å². The highest BCUT2D eigenvalue weighted by atomic mass is 16.6. The average molecular weight is 341 g/mol. The molecular weight excluding hydrogens is 306 g/mol. The number of carboxylic acids is 1. The molecule has 5 nitrogen and oxygen atoms in total. The average Bonchev–Trinajstić information content (AvgIpc) is 2.48. The fourth-order valence-electron chi connectivity index (χ4n) is 3.28. The second kappa shape index (κ2) is 9.90. The smallest absolute Gasteiger partial charge is 0.410 e. The highest BCUT2D eigenvalue weighted by molar-refractivity contribution is 5.73. The highest BCUT2D eigenvalue weighted by Crippen LogP contribution is 2.28. The Hall–Kier alpha value is -1.26. The molecule has 2 atom stereocenters. The van der Waals surface area contributed by atoms with E-state index < -0.39 is 17.5 Å². The molecule has 1 fully saturated rings. The van der Waals surface area contributed by atoms with Crippen molar-refractivity contribution in [3.05, 3.63) is 0 Å². The first kappa shape index (κ1) is 20.8. The fraction of sp³-hybridized carbons (Fsp3) is 0.895. The first-order valence-corrected chi connectivity index (χ1v) is 9.43. The maximum Gasteiger partial charge on any atom is 0.410 e. The van der Waals surface area contributed by atoms with Crippen LogP contribution in [0, 0.1) is 11.8 Å². The van der Waals surface area contributed by atoms with Gasteiger partial charge in [0.1, 0.15) is 5.60 Å². The van der Waals surface area contributed by atoms with E-state index in [1.165, 1.54) is 32.1 Å². The number of amides is 1. The highest BCUT2D eigenvalue weighted by Gasteiger charge is 2.35. The molecule has 0 spiro atoms. The number of nitrogens with zero attached hydrogens (tertiary/aromatic N) is 1. The van der Waals surface area contributed by atoms with Crippen molar-refractivity contribution in [3.63, 3.8) is 0 Å². The molecule has 140 valence electrons. The van der Waals surface area contributed by atoms with Gasteiger partial charge in [-0.15, -0.1) is 0 Å². The Kier molecular flexibility index (Phi) is 8.57. The SMILES string of the molecule is CCCCCCCCC1CC(C(=O)O)CN(C(=O)OC(C)(C)C)C1. The molecule has 0 aromatic heterocycles. The van der Waals surface area contributed by atoms with Gasteiger partial charge in [-0.2, -0.15) is 0 Å². The summed E-state index contributed by atoms with van der Waals surface area (Å²) >= 11 is 0. The molecule has 0 saturated carbocycles. The molecule has 0 aromatic rings. The van der Waals surface area contributed by atoms with Crippen molar-refractivity contribution in [2.75, 3.05) is 13.1 Å². The zero-order chi connectivity index (χ0) is 18.2. The lowest BCUT2D eigenvalue weighted by Crippen LogP contribution is -2.47. The second-order valence-corrected chi connectivity index (χ2v) is 8.08. The zero-order valence-corrected chi connectivity index (χ0v) is 15.8. The lowest BCUT2D eigenvalue weighted by Gasteiger charge is -2.37. The normalized spacial score (nSPS) is 21.6. The molecule has 1 heterocycles. The van der Waals surface area contributed by atoms with Crippen LogP contribution in [-0.4, -0.2) is 40.8 Å². The minimum Gasteiger partial charge on any atom is -0.481 e. The topological polar surface area (TPSA) is 66.8 Å². The van der Waals surface area contributed by atoms with E-state index in [2.05, 4.69) is 6.92 Å². The van der Waals surface area contributed by atoms with Crippen molar-refractivity contribution in [2.45, 2.75) is 84.7 Å². The molecule has 1 aliphatic heterocycles. The molecule has 1 rings (SSSR count). The molecule has 1 N–H and O–H groups in total. The minimum absolute atomic E-state index is 0.261. The van der Waals surface area contributed by atoms with Crippen LogP contribution in [0.2, 0.25) is 0 Å². The number of rotatable bonds is 8. The van der Waals surface area contributed by atoms with Crippen LogP contribution in [-0.2, 0) is 9.53 Å². The summed E-state index contributed by atoms with van der Waals surface area (Å²) in [7, 11) is 0. The molecule has 24 heavy (non-hydrogen) atoms. The van der Waals surface area contributed by atoms with Gasteiger partial charge in [-0.25, -0.2) is 4.79 Å². The molecule has 2 unspecified atom stereocenters. The predicted octanol–water partition coefficient (Wildman–Crippen LogP) is 4.69. The Balaban J connectivity index is 2.50. The van der Waals surface area contributed by atoms with E-state index >= 15 is 0 Å². The molecule has 1 amide bonds. The van der Waals surface area contributed by atoms with Crippen molar-refractivity contribution in [1.82, 2.24) is 4.90 Å². The van der Waals surface area contributed by atoms with Crippen molar-refractivity contribution < 1.29 is 19.4 Å². The van der Waals surface area contributed by atoms with Crippen LogP contribution in [0.25, 0.3) is 0 Å². The summed E-state index contributed by atoms with van der Waals surface area (Å²) < 4.78 is 5.42. The van der Waals surface area contributed by atoms with Crippen molar-refractivity contribution in [3.8, 4) is 0 Å². The molecule has 0 bridgehead atoms. The van der Waals surface area contributed by atoms with E-state index in [4.69, 9.17) is 4.74 Å². The summed E-state index contributed by atoms with van der Waals surface area (Å²) in [5.74, 6) is -1.02. The van der Waals surface area contributed by atoms with E-state index in [0.29, 0.717) is 13.0 Å². The molecule has 0 aliphatic carbocycles. The molecule has 5 heteroatoms. The van der Waals surface area contributed by atoms with Gasteiger partial charge in [0.15, 0.2) is 0 Å². The largest absolute Gasteiger partial charge is 0.481 e. The van der Waals surface area contributed by atoms with E-state index in [1.807, 2.05) is 20.8 Å². The quantitative estimate of drug-likeness (QED) is 0.650. The second-order valence-electron chi connectivity index (χ2n) is 8.08. The lowest BCUT2D eigenvalue weighted by molar-refractivity contribution is -0.144. The van der Waals surface area contributed by atoms with E-state index in [9.17, 15) is 14.7 Å². The maximum absolute atomic E-state index is 12.3. The number of carbonyl (C=O) groups excluding carboxylic acids is 1. The summed E-state index contributed by atoms with van der Waals surface area (Å²) in [4.78, 5) is 25.3. The summed E-state index contributed by atoms with van der Waals surface area (Å²) in [5.41, 5.74) is -0.554. The van der Waals surface area contributed by atoms with Crippen molar-refractivity contribution in [1.29, 1.82) is 0 Å². The Morgan fingerprint density at radius 1 is 1.08 bits per heavy atom. The standard InChI is InChI=1S/C19H35NO4/c1-5-6-7-8-9-10-11-15-12-16(17(21)22)14-20(13-15)18(23)24-19(2,3)4/h15-16H,5-14H2,1-4H3,(H,21,22). The number of carbonyl (C=O) groups is 2. The maximum atomic E-state index is 12.3. The third kappa shape index (κ3) is 8.02. The molecule has 1 saturated heterocycles. The Morgan fingerprint density at radius 2 is 1.71 bits per heavy atom. The first-order chi connectivity index (χ1) is 11.2. The number of likely N-dealkylation sites (tertiary alicyclic amines) is 1. The van der Waals surface area contributed by atoms with Gasteiger partial charge in [0.25, 0.3) is 0 Å². The fourth-order valence-corrected chi connectivity index (χ4v) is 3.28. The lowest BCUT2D eigenvalue weighted by atomic mass is 9.86. The van der Waals surface area contributed by atoms with Gasteiger partial charge in [-0.3, -0.25) is 4.79 Å². The summed E-state index contributed by atoms with van der Waals surface area (Å²) in [5, 5.41) is 9.38. The molecule has 0 radical (unpaired) electrons. The predicted molar refractivity (Wildman–Crippen MR) is 95.0 cm³/mol. The van der Waals surface area contributed by atoms with Crippen molar-refractivity contribution >= 4 is 12.1 Å². The Bertz CT molecular complexity index is 403. The third-order valence-corrected chi connectivity index (χ3v) is 4.50. The van der Waals surface area contributed by atoms with Crippen LogP contribution in [0.5, 0.6) is 0 Å². The van der Waals surface area contributed by atoms with Crippen LogP contribution in [0.4, 0.5) is 4.79 Å². The number of ether oxygens (including phenoxy) is 1. The van der Waals surface area contributed by atoms with Crippen LogP contribution >= 0.6 is 0 Å². The van der Waals surface area contributed by atoms with Crippen LogP contribution in [0.15, 0.2) is 0 Å². The molecule has 1 aliphatic rings. The number of piperidine rings is 1. The van der Waals surface area contributed by atoms with E-state index in [0.717, 1.165) is 12.8 Å². The van der Waals surface area contributed by atoms with Crippen LogP contribution in [0.1, 0.15) is 79.1 Å². The molecular formula is C19H35NO4. The summed E-state index contributed by atoms with van der Waals surface area (Å²) in [6, 6.07) is 0. The number of hydrogen-bond acceptors (Lipinski definition) is 3. The van der Waals surface area contributed by atoms with Gasteiger partial charge in [0, 0.05) is 13.1 Å². The van der Waals surface area contributed by atoms with Crippen LogP contribution in [0.3, 0.4) is 0 Å². The minimum atomic E-state index is -0.809. The van der Waals surface area contributed by atoms with E-state index in [-0.39, 0.29) is 18.6 Å². The number of hydrogen-bond donors (Lipinski definition) is 1. The first-order valence-electron chi connectivity index (χ1n) is 9.43. The van der Waals surface area contributed by atoms with Gasteiger partial charge in [-0.05, 0) is 39.5 Å². The monoisotopic (exact) mass is 341 g/mol. The number of aliphatic carboxylic acids is 1. The zero-order valence-electron chi connectivity index (χ0n) is 15.8. The van der Waals surface area contributed by atoms with Crippen molar-refractivity contribution in [2.24, 2.45) is 11.8 Å². The van der Waals surface area contributed by atoms with Crippen LogP contribution < -0.4 is 0 Å².